The molecule has 2 rings (SSSR count). The number of ether oxygens (including phenoxy) is 1. The van der Waals surface area contributed by atoms with Gasteiger partial charge in [0.05, 0.1) is 17.7 Å². The maximum absolute atomic E-state index is 14.0. The largest absolute Gasteiger partial charge is 0.496 e. The summed E-state index contributed by atoms with van der Waals surface area (Å²) in [6.07, 6.45) is 0. The lowest BCUT2D eigenvalue weighted by Crippen LogP contribution is -2.27. The first-order valence-electron chi connectivity index (χ1n) is 6.36. The summed E-state index contributed by atoms with van der Waals surface area (Å²) in [5, 5.41) is 0. The fourth-order valence-electron chi connectivity index (χ4n) is 2.04. The third-order valence-electron chi connectivity index (χ3n) is 3.27. The van der Waals surface area contributed by atoms with Crippen molar-refractivity contribution >= 4 is 31.6 Å². The van der Waals surface area contributed by atoms with Crippen LogP contribution in [0, 0.1) is 12.7 Å². The fraction of sp³-hybridized carbons (Fsp3) is 0.200. The summed E-state index contributed by atoms with van der Waals surface area (Å²) in [4.78, 5) is 0.0793. The molecule has 7 heteroatoms. The summed E-state index contributed by atoms with van der Waals surface area (Å²) in [7, 11) is -1.02. The van der Waals surface area contributed by atoms with Crippen LogP contribution in [0.2, 0.25) is 0 Å². The van der Waals surface area contributed by atoms with Crippen molar-refractivity contribution in [3.8, 4) is 5.75 Å². The number of aryl methyl sites for hydroxylation is 1. The molecule has 0 saturated heterocycles. The van der Waals surface area contributed by atoms with E-state index >= 15 is 0 Å². The van der Waals surface area contributed by atoms with Gasteiger partial charge in [-0.3, -0.25) is 4.31 Å². The SMILES string of the molecule is COc1ccc(S(=O)(=O)N(C)c2ccc(Br)cc2F)cc1C. The Morgan fingerprint density at radius 3 is 2.41 bits per heavy atom. The highest BCUT2D eigenvalue weighted by atomic mass is 79.9. The van der Waals surface area contributed by atoms with Gasteiger partial charge in [0.1, 0.15) is 11.6 Å². The van der Waals surface area contributed by atoms with Gasteiger partial charge in [0, 0.05) is 11.5 Å². The zero-order valence-electron chi connectivity index (χ0n) is 12.3. The molecular formula is C15H15BrFNO3S. The van der Waals surface area contributed by atoms with Gasteiger partial charge in [-0.05, 0) is 48.9 Å². The predicted octanol–water partition coefficient (Wildman–Crippen LogP) is 3.73. The normalized spacial score (nSPS) is 11.3. The summed E-state index contributed by atoms with van der Waals surface area (Å²) in [5.41, 5.74) is 0.671. The van der Waals surface area contributed by atoms with Crippen molar-refractivity contribution in [2.75, 3.05) is 18.5 Å². The van der Waals surface area contributed by atoms with Gasteiger partial charge in [-0.25, -0.2) is 12.8 Å². The Hall–Kier alpha value is -1.60. The van der Waals surface area contributed by atoms with Gasteiger partial charge in [-0.2, -0.15) is 0 Å². The van der Waals surface area contributed by atoms with Crippen LogP contribution >= 0.6 is 15.9 Å². The van der Waals surface area contributed by atoms with Crippen LogP contribution in [0.4, 0.5) is 10.1 Å². The van der Waals surface area contributed by atoms with Gasteiger partial charge in [0.15, 0.2) is 0 Å². The molecule has 2 aromatic rings. The van der Waals surface area contributed by atoms with Crippen molar-refractivity contribution in [1.82, 2.24) is 0 Å². The fourth-order valence-corrected chi connectivity index (χ4v) is 3.66. The third kappa shape index (κ3) is 3.10. The predicted molar refractivity (Wildman–Crippen MR) is 87.4 cm³/mol. The van der Waals surface area contributed by atoms with Crippen molar-refractivity contribution in [2.45, 2.75) is 11.8 Å². The Kier molecular flexibility index (Phi) is 4.77. The Labute approximate surface area is 137 Å². The second kappa shape index (κ2) is 6.26. The molecule has 0 aromatic heterocycles. The molecule has 0 N–H and O–H groups in total. The molecule has 0 fully saturated rings. The first-order chi connectivity index (χ1) is 10.3. The Morgan fingerprint density at radius 1 is 1.18 bits per heavy atom. The minimum Gasteiger partial charge on any atom is -0.496 e. The molecule has 2 aromatic carbocycles. The average Bonchev–Trinajstić information content (AvgIpc) is 2.46. The summed E-state index contributed by atoms with van der Waals surface area (Å²) < 4.78 is 45.8. The van der Waals surface area contributed by atoms with E-state index in [2.05, 4.69) is 15.9 Å². The molecule has 0 saturated carbocycles. The number of anilines is 1. The van der Waals surface area contributed by atoms with Crippen LogP contribution in [-0.4, -0.2) is 22.6 Å². The number of halogens is 2. The first-order valence-corrected chi connectivity index (χ1v) is 8.59. The van der Waals surface area contributed by atoms with Crippen LogP contribution in [0.15, 0.2) is 45.8 Å². The summed E-state index contributed by atoms with van der Waals surface area (Å²) in [6.45, 7) is 1.75. The quantitative estimate of drug-likeness (QED) is 0.802. The molecule has 0 unspecified atom stereocenters. The number of hydrogen-bond donors (Lipinski definition) is 0. The molecule has 0 bridgehead atoms. The number of benzene rings is 2. The van der Waals surface area contributed by atoms with Crippen molar-refractivity contribution in [2.24, 2.45) is 0 Å². The maximum Gasteiger partial charge on any atom is 0.264 e. The summed E-state index contributed by atoms with van der Waals surface area (Å²) in [6, 6.07) is 8.74. The molecule has 0 aliphatic heterocycles. The first kappa shape index (κ1) is 16.8. The maximum atomic E-state index is 14.0. The van der Waals surface area contributed by atoms with E-state index in [1.54, 1.807) is 19.1 Å². The van der Waals surface area contributed by atoms with Crippen molar-refractivity contribution in [3.05, 3.63) is 52.3 Å². The van der Waals surface area contributed by atoms with Crippen molar-refractivity contribution in [1.29, 1.82) is 0 Å². The number of methoxy groups -OCH3 is 1. The van der Waals surface area contributed by atoms with Crippen molar-refractivity contribution < 1.29 is 17.5 Å². The van der Waals surface area contributed by atoms with E-state index in [0.717, 1.165) is 4.31 Å². The third-order valence-corrected chi connectivity index (χ3v) is 5.53. The van der Waals surface area contributed by atoms with Gasteiger partial charge in [-0.15, -0.1) is 0 Å². The minimum absolute atomic E-state index is 0.0170. The van der Waals surface area contributed by atoms with Crippen molar-refractivity contribution in [3.63, 3.8) is 0 Å². The smallest absolute Gasteiger partial charge is 0.264 e. The molecular weight excluding hydrogens is 373 g/mol. The van der Waals surface area contributed by atoms with Crippen LogP contribution in [0.25, 0.3) is 0 Å². The molecule has 22 heavy (non-hydrogen) atoms. The molecule has 0 aliphatic rings. The van der Waals surface area contributed by atoms with Gasteiger partial charge < -0.3 is 4.74 Å². The zero-order valence-corrected chi connectivity index (χ0v) is 14.7. The highest BCUT2D eigenvalue weighted by molar-refractivity contribution is 9.10. The molecule has 0 amide bonds. The standard InChI is InChI=1S/C15H15BrFNO3S/c1-10-8-12(5-7-15(10)21-3)22(19,20)18(2)14-6-4-11(16)9-13(14)17/h4-9H,1-3H3. The van der Waals surface area contributed by atoms with Crippen LogP contribution in [0.3, 0.4) is 0 Å². The van der Waals surface area contributed by atoms with E-state index in [0.29, 0.717) is 15.8 Å². The molecule has 118 valence electrons. The average molecular weight is 388 g/mol. The molecule has 0 heterocycles. The second-order valence-electron chi connectivity index (χ2n) is 4.70. The van der Waals surface area contributed by atoms with Gasteiger partial charge in [0.2, 0.25) is 0 Å². The van der Waals surface area contributed by atoms with Crippen LogP contribution < -0.4 is 9.04 Å². The van der Waals surface area contributed by atoms with Gasteiger partial charge in [-0.1, -0.05) is 15.9 Å². The van der Waals surface area contributed by atoms with E-state index in [1.165, 1.54) is 38.4 Å². The second-order valence-corrected chi connectivity index (χ2v) is 7.58. The monoisotopic (exact) mass is 387 g/mol. The van der Waals surface area contributed by atoms with Crippen LogP contribution in [0.5, 0.6) is 5.75 Å². The Bertz CT molecular complexity index is 808. The highest BCUT2D eigenvalue weighted by Gasteiger charge is 2.24. The molecule has 0 radical (unpaired) electrons. The van der Waals surface area contributed by atoms with E-state index in [-0.39, 0.29) is 10.6 Å². The number of hydrogen-bond acceptors (Lipinski definition) is 3. The zero-order chi connectivity index (χ0) is 16.5. The number of rotatable bonds is 4. The van der Waals surface area contributed by atoms with Crippen LogP contribution in [0.1, 0.15) is 5.56 Å². The lowest BCUT2D eigenvalue weighted by molar-refractivity contribution is 0.411. The topological polar surface area (TPSA) is 46.6 Å². The lowest BCUT2D eigenvalue weighted by Gasteiger charge is -2.20. The molecule has 4 nitrogen and oxygen atoms in total. The van der Waals surface area contributed by atoms with E-state index in [9.17, 15) is 12.8 Å². The summed E-state index contributed by atoms with van der Waals surface area (Å²) >= 11 is 3.14. The molecule has 0 atom stereocenters. The van der Waals surface area contributed by atoms with E-state index < -0.39 is 15.8 Å². The highest BCUT2D eigenvalue weighted by Crippen LogP contribution is 2.29. The van der Waals surface area contributed by atoms with Gasteiger partial charge >= 0.3 is 0 Å². The lowest BCUT2D eigenvalue weighted by atomic mass is 10.2. The summed E-state index contributed by atoms with van der Waals surface area (Å²) in [5.74, 6) is -0.0258. The van der Waals surface area contributed by atoms with Crippen LogP contribution in [-0.2, 0) is 10.0 Å². The molecule has 0 aliphatic carbocycles. The number of sulfonamides is 1. The van der Waals surface area contributed by atoms with Gasteiger partial charge in [0.25, 0.3) is 10.0 Å². The Morgan fingerprint density at radius 2 is 1.86 bits per heavy atom. The van der Waals surface area contributed by atoms with E-state index in [4.69, 9.17) is 4.74 Å². The van der Waals surface area contributed by atoms with E-state index in [1.807, 2.05) is 0 Å². The number of nitrogens with zero attached hydrogens (tertiary/aromatic N) is 1. The Balaban J connectivity index is 2.47. The molecule has 0 spiro atoms. The minimum atomic E-state index is -3.85.